The van der Waals surface area contributed by atoms with Crippen LogP contribution in [-0.4, -0.2) is 81.4 Å². The van der Waals surface area contributed by atoms with Crippen molar-refractivity contribution in [3.05, 3.63) is 0 Å². The molecule has 0 spiro atoms. The molecule has 9 N–H and O–H groups in total. The second-order valence-electron chi connectivity index (χ2n) is 7.05. The molecule has 6 atom stereocenters. The highest BCUT2D eigenvalue weighted by atomic mass is 16.5. The van der Waals surface area contributed by atoms with Crippen molar-refractivity contribution in [2.24, 2.45) is 22.4 Å². The van der Waals surface area contributed by atoms with E-state index in [9.17, 15) is 24.9 Å². The van der Waals surface area contributed by atoms with Crippen molar-refractivity contribution < 1.29 is 34.8 Å². The van der Waals surface area contributed by atoms with E-state index >= 15 is 0 Å². The maximum atomic E-state index is 12.3. The molecule has 1 unspecified atom stereocenters. The van der Waals surface area contributed by atoms with Gasteiger partial charge in [0.05, 0.1) is 18.7 Å². The summed E-state index contributed by atoms with van der Waals surface area (Å²) >= 11 is 0. The van der Waals surface area contributed by atoms with Gasteiger partial charge in [-0.05, 0) is 12.3 Å². The highest BCUT2D eigenvalue weighted by Crippen LogP contribution is 2.27. The molecular formula is C16H30N4O7. The lowest BCUT2D eigenvalue weighted by atomic mass is 9.88. The normalized spacial score (nSPS) is 27.6. The number of aliphatic hydroxyl groups is 3. The molecule has 0 bridgehead atoms. The van der Waals surface area contributed by atoms with Crippen LogP contribution < -0.4 is 16.8 Å². The third kappa shape index (κ3) is 6.94. The van der Waals surface area contributed by atoms with E-state index in [2.05, 4.69) is 10.3 Å². The van der Waals surface area contributed by atoms with Gasteiger partial charge in [0.2, 0.25) is 5.91 Å². The van der Waals surface area contributed by atoms with Crippen LogP contribution in [0.3, 0.4) is 0 Å². The van der Waals surface area contributed by atoms with Gasteiger partial charge < -0.3 is 41.9 Å². The monoisotopic (exact) mass is 390 g/mol. The van der Waals surface area contributed by atoms with E-state index in [0.717, 1.165) is 0 Å². The topological polar surface area (TPSA) is 201 Å². The third-order valence-electron chi connectivity index (χ3n) is 4.33. The van der Waals surface area contributed by atoms with Gasteiger partial charge in [0.1, 0.15) is 18.3 Å². The standard InChI is InChI=1S/C16H30N4O7/c1-7(2)3-4-11(23)20-12-8(19-16(17)18)5-10(15(25)26)27-14(12)13(24)9(22)6-21/h7-10,12-14,21-22,24H,3-6H2,1-2H3,(H,20,23)(H,25,26)(H4,17,18,19)/t8-,9+,10?,12+,13+,14+/m0/s1. The Hall–Kier alpha value is -1.95. The van der Waals surface area contributed by atoms with E-state index in [0.29, 0.717) is 12.3 Å². The van der Waals surface area contributed by atoms with Crippen LogP contribution in [0.25, 0.3) is 0 Å². The zero-order valence-corrected chi connectivity index (χ0v) is 15.5. The summed E-state index contributed by atoms with van der Waals surface area (Å²) in [4.78, 5) is 27.6. The molecule has 156 valence electrons. The molecule has 0 saturated carbocycles. The van der Waals surface area contributed by atoms with Crippen molar-refractivity contribution in [2.45, 2.75) is 69.6 Å². The first-order valence-electron chi connectivity index (χ1n) is 8.80. The van der Waals surface area contributed by atoms with E-state index in [-0.39, 0.29) is 24.7 Å². The second kappa shape index (κ2) is 10.4. The van der Waals surface area contributed by atoms with E-state index < -0.39 is 49.1 Å². The number of hydrogen-bond acceptors (Lipinski definition) is 7. The minimum absolute atomic E-state index is 0.138. The quantitative estimate of drug-likeness (QED) is 0.164. The van der Waals surface area contributed by atoms with Gasteiger partial charge in [-0.3, -0.25) is 4.79 Å². The van der Waals surface area contributed by atoms with Gasteiger partial charge in [-0.15, -0.1) is 0 Å². The Bertz CT molecular complexity index is 539. The molecule has 1 heterocycles. The lowest BCUT2D eigenvalue weighted by Crippen LogP contribution is -2.63. The molecule has 0 aliphatic carbocycles. The molecule has 1 aliphatic rings. The number of nitrogens with two attached hydrogens (primary N) is 2. The van der Waals surface area contributed by atoms with Crippen LogP contribution in [-0.2, 0) is 14.3 Å². The summed E-state index contributed by atoms with van der Waals surface area (Å²) in [7, 11) is 0. The number of nitrogens with one attached hydrogen (secondary N) is 1. The lowest BCUT2D eigenvalue weighted by Gasteiger charge is -2.42. The highest BCUT2D eigenvalue weighted by Gasteiger charge is 2.46. The van der Waals surface area contributed by atoms with Crippen molar-refractivity contribution in [3.8, 4) is 0 Å². The fourth-order valence-corrected chi connectivity index (χ4v) is 2.87. The van der Waals surface area contributed by atoms with Crippen LogP contribution in [0, 0.1) is 5.92 Å². The largest absolute Gasteiger partial charge is 0.479 e. The van der Waals surface area contributed by atoms with E-state index in [1.54, 1.807) is 0 Å². The molecule has 1 aliphatic heterocycles. The number of carboxylic acids is 1. The Labute approximate surface area is 157 Å². The number of aliphatic carboxylic acids is 1. The van der Waals surface area contributed by atoms with Crippen molar-refractivity contribution in [2.75, 3.05) is 6.61 Å². The molecule has 0 radical (unpaired) electrons. The summed E-state index contributed by atoms with van der Waals surface area (Å²) in [5, 5.41) is 41.1. The first-order valence-corrected chi connectivity index (χ1v) is 8.80. The zero-order valence-electron chi connectivity index (χ0n) is 15.5. The summed E-state index contributed by atoms with van der Waals surface area (Å²) < 4.78 is 5.40. The Morgan fingerprint density at radius 1 is 1.30 bits per heavy atom. The maximum absolute atomic E-state index is 12.3. The summed E-state index contributed by atoms with van der Waals surface area (Å²) in [5.41, 5.74) is 10.8. The number of rotatable bonds is 9. The predicted octanol–water partition coefficient (Wildman–Crippen LogP) is -2.49. The van der Waals surface area contributed by atoms with Gasteiger partial charge in [-0.1, -0.05) is 13.8 Å². The minimum Gasteiger partial charge on any atom is -0.479 e. The molecule has 1 amide bonds. The zero-order chi connectivity index (χ0) is 20.7. The second-order valence-corrected chi connectivity index (χ2v) is 7.05. The molecular weight excluding hydrogens is 360 g/mol. The average Bonchev–Trinajstić information content (AvgIpc) is 2.59. The van der Waals surface area contributed by atoms with E-state index in [4.69, 9.17) is 21.3 Å². The summed E-state index contributed by atoms with van der Waals surface area (Å²) in [6.07, 6.45) is -5.26. The Balaban J connectivity index is 3.13. The molecule has 27 heavy (non-hydrogen) atoms. The van der Waals surface area contributed by atoms with Crippen LogP contribution in [0.1, 0.15) is 33.1 Å². The summed E-state index contributed by atoms with van der Waals surface area (Å²) in [6.45, 7) is 3.14. The van der Waals surface area contributed by atoms with E-state index in [1.165, 1.54) is 0 Å². The number of amides is 1. The van der Waals surface area contributed by atoms with Gasteiger partial charge in [0.15, 0.2) is 12.1 Å². The molecule has 0 aromatic rings. The Morgan fingerprint density at radius 3 is 2.41 bits per heavy atom. The number of nitrogens with zero attached hydrogens (tertiary/aromatic N) is 1. The molecule has 1 fully saturated rings. The molecule has 0 aromatic heterocycles. The van der Waals surface area contributed by atoms with Crippen molar-refractivity contribution in [1.29, 1.82) is 0 Å². The molecule has 1 rings (SSSR count). The van der Waals surface area contributed by atoms with Gasteiger partial charge >= 0.3 is 5.97 Å². The number of aliphatic imine (C=N–C) groups is 1. The van der Waals surface area contributed by atoms with Crippen molar-refractivity contribution in [3.63, 3.8) is 0 Å². The van der Waals surface area contributed by atoms with Gasteiger partial charge in [-0.25, -0.2) is 9.79 Å². The third-order valence-corrected chi connectivity index (χ3v) is 4.33. The van der Waals surface area contributed by atoms with E-state index in [1.807, 2.05) is 13.8 Å². The average molecular weight is 390 g/mol. The van der Waals surface area contributed by atoms with Crippen molar-refractivity contribution in [1.82, 2.24) is 5.32 Å². The fourth-order valence-electron chi connectivity index (χ4n) is 2.87. The van der Waals surface area contributed by atoms with Gasteiger partial charge in [0.25, 0.3) is 0 Å². The summed E-state index contributed by atoms with van der Waals surface area (Å²) in [5.74, 6) is -1.67. The molecule has 0 aromatic carbocycles. The number of carbonyl (C=O) groups excluding carboxylic acids is 1. The Kier molecular flexibility index (Phi) is 8.89. The molecule has 11 heteroatoms. The Morgan fingerprint density at radius 2 is 1.93 bits per heavy atom. The van der Waals surface area contributed by atoms with Crippen LogP contribution in [0.2, 0.25) is 0 Å². The lowest BCUT2D eigenvalue weighted by molar-refractivity contribution is -0.183. The van der Waals surface area contributed by atoms with Crippen LogP contribution in [0.4, 0.5) is 0 Å². The van der Waals surface area contributed by atoms with Crippen molar-refractivity contribution >= 4 is 17.8 Å². The molecule has 1 saturated heterocycles. The number of hydrogen-bond donors (Lipinski definition) is 7. The van der Waals surface area contributed by atoms with Crippen LogP contribution >= 0.6 is 0 Å². The SMILES string of the molecule is CC(C)CCC(=O)N[C@H]1[C@H]([C@H](O)[C@H](O)CO)OC(C(=O)O)C[C@@H]1N=C(N)N. The predicted molar refractivity (Wildman–Crippen MR) is 95.6 cm³/mol. The number of ether oxygens (including phenoxy) is 1. The van der Waals surface area contributed by atoms with Crippen LogP contribution in [0.15, 0.2) is 4.99 Å². The maximum Gasteiger partial charge on any atom is 0.332 e. The number of carbonyl (C=O) groups is 2. The molecule has 11 nitrogen and oxygen atoms in total. The first kappa shape index (κ1) is 23.1. The minimum atomic E-state index is -1.66. The van der Waals surface area contributed by atoms with Gasteiger partial charge in [0, 0.05) is 12.8 Å². The van der Waals surface area contributed by atoms with Gasteiger partial charge in [-0.2, -0.15) is 0 Å². The number of carboxylic acid groups (broad SMARTS) is 1. The first-order chi connectivity index (χ1) is 12.6. The highest BCUT2D eigenvalue weighted by molar-refractivity contribution is 5.78. The smallest absolute Gasteiger partial charge is 0.332 e. The number of guanidine groups is 1. The van der Waals surface area contributed by atoms with Crippen LogP contribution in [0.5, 0.6) is 0 Å². The number of aliphatic hydroxyl groups excluding tert-OH is 3. The fraction of sp³-hybridized carbons (Fsp3) is 0.812. The summed E-state index contributed by atoms with van der Waals surface area (Å²) in [6, 6.07) is -1.88.